The largest absolute Gasteiger partial charge is 0.494 e. The lowest BCUT2D eigenvalue weighted by Gasteiger charge is -2.27. The molecule has 0 unspecified atom stereocenters. The van der Waals surface area contributed by atoms with Crippen molar-refractivity contribution >= 4 is 34.8 Å². The van der Waals surface area contributed by atoms with Crippen molar-refractivity contribution in [2.24, 2.45) is 0 Å². The molecule has 0 atom stereocenters. The highest BCUT2D eigenvalue weighted by atomic mass is 35.5. The minimum atomic E-state index is -0.631. The molecule has 1 aliphatic carbocycles. The van der Waals surface area contributed by atoms with Crippen LogP contribution in [0, 0.1) is 0 Å². The van der Waals surface area contributed by atoms with Gasteiger partial charge >= 0.3 is 0 Å². The third-order valence-corrected chi connectivity index (χ3v) is 6.08. The number of hydrogen-bond acceptors (Lipinski definition) is 4. The zero-order valence-electron chi connectivity index (χ0n) is 17.7. The topological polar surface area (TPSA) is 80.3 Å². The van der Waals surface area contributed by atoms with E-state index in [1.54, 1.807) is 48.7 Å². The Bertz CT molecular complexity index is 1130. The number of pyridine rings is 1. The van der Waals surface area contributed by atoms with Crippen LogP contribution < -0.4 is 15.4 Å². The van der Waals surface area contributed by atoms with Crippen molar-refractivity contribution in [2.45, 2.75) is 31.1 Å². The summed E-state index contributed by atoms with van der Waals surface area (Å²) in [5.74, 6) is 0.0607. The SMILES string of the molecule is COc1cc(NC(=O)C2(c3ccccn3)CCCC2)ccc1NC(=O)c1cccc(Cl)c1. The van der Waals surface area contributed by atoms with Gasteiger partial charge < -0.3 is 15.4 Å². The highest BCUT2D eigenvalue weighted by Crippen LogP contribution is 2.41. The van der Waals surface area contributed by atoms with Crippen molar-refractivity contribution < 1.29 is 14.3 Å². The summed E-state index contributed by atoms with van der Waals surface area (Å²) in [6.07, 6.45) is 5.23. The van der Waals surface area contributed by atoms with Gasteiger partial charge in [0.15, 0.2) is 0 Å². The molecule has 0 bridgehead atoms. The molecule has 7 heteroatoms. The second kappa shape index (κ2) is 9.40. The van der Waals surface area contributed by atoms with Crippen LogP contribution in [0.25, 0.3) is 0 Å². The number of rotatable bonds is 6. The minimum absolute atomic E-state index is 0.0773. The van der Waals surface area contributed by atoms with Gasteiger partial charge in [0.25, 0.3) is 5.91 Å². The molecule has 32 heavy (non-hydrogen) atoms. The second-order valence-electron chi connectivity index (χ2n) is 7.84. The number of aromatic nitrogens is 1. The summed E-state index contributed by atoms with van der Waals surface area (Å²) < 4.78 is 5.46. The van der Waals surface area contributed by atoms with Crippen molar-refractivity contribution in [2.75, 3.05) is 17.7 Å². The molecule has 0 radical (unpaired) electrons. The first-order valence-corrected chi connectivity index (χ1v) is 10.9. The molecule has 164 valence electrons. The van der Waals surface area contributed by atoms with E-state index in [4.69, 9.17) is 16.3 Å². The number of amides is 2. The number of anilines is 2. The molecule has 1 aliphatic rings. The van der Waals surface area contributed by atoms with Crippen LogP contribution in [0.5, 0.6) is 5.75 Å². The Morgan fingerprint density at radius 2 is 1.81 bits per heavy atom. The van der Waals surface area contributed by atoms with E-state index in [0.717, 1.165) is 31.4 Å². The van der Waals surface area contributed by atoms with Crippen molar-refractivity contribution in [1.82, 2.24) is 4.98 Å². The molecule has 4 rings (SSSR count). The van der Waals surface area contributed by atoms with Crippen molar-refractivity contribution in [3.63, 3.8) is 0 Å². The van der Waals surface area contributed by atoms with Crippen LogP contribution in [0.15, 0.2) is 66.9 Å². The zero-order chi connectivity index (χ0) is 22.6. The number of hydrogen-bond donors (Lipinski definition) is 2. The summed E-state index contributed by atoms with van der Waals surface area (Å²) in [6.45, 7) is 0. The number of carbonyl (C=O) groups excluding carboxylic acids is 2. The van der Waals surface area contributed by atoms with Crippen molar-refractivity contribution in [3.05, 3.63) is 83.1 Å². The van der Waals surface area contributed by atoms with E-state index < -0.39 is 5.41 Å². The van der Waals surface area contributed by atoms with E-state index >= 15 is 0 Å². The van der Waals surface area contributed by atoms with E-state index in [-0.39, 0.29) is 11.8 Å². The van der Waals surface area contributed by atoms with Crippen LogP contribution >= 0.6 is 11.6 Å². The molecule has 1 fully saturated rings. The summed E-state index contributed by atoms with van der Waals surface area (Å²) in [5, 5.41) is 6.34. The van der Waals surface area contributed by atoms with Crippen molar-refractivity contribution in [1.29, 1.82) is 0 Å². The molecule has 1 heterocycles. The molecule has 0 spiro atoms. The van der Waals surface area contributed by atoms with E-state index in [0.29, 0.717) is 27.7 Å². The maximum Gasteiger partial charge on any atom is 0.255 e. The highest BCUT2D eigenvalue weighted by molar-refractivity contribution is 6.31. The third kappa shape index (κ3) is 4.46. The second-order valence-corrected chi connectivity index (χ2v) is 8.27. The molecule has 0 saturated heterocycles. The quantitative estimate of drug-likeness (QED) is 0.524. The number of methoxy groups -OCH3 is 1. The van der Waals surface area contributed by atoms with Gasteiger partial charge in [0.2, 0.25) is 5.91 Å². The van der Waals surface area contributed by atoms with Crippen LogP contribution in [0.3, 0.4) is 0 Å². The highest BCUT2D eigenvalue weighted by Gasteiger charge is 2.43. The van der Waals surface area contributed by atoms with E-state index in [9.17, 15) is 9.59 Å². The molecular weight excluding hydrogens is 426 g/mol. The molecule has 6 nitrogen and oxygen atoms in total. The maximum absolute atomic E-state index is 13.3. The van der Waals surface area contributed by atoms with E-state index in [1.165, 1.54) is 7.11 Å². The third-order valence-electron chi connectivity index (χ3n) is 5.84. The average molecular weight is 450 g/mol. The zero-order valence-corrected chi connectivity index (χ0v) is 18.5. The first kappa shape index (κ1) is 21.8. The smallest absolute Gasteiger partial charge is 0.255 e. The van der Waals surface area contributed by atoms with Crippen LogP contribution in [0.2, 0.25) is 5.02 Å². The Balaban J connectivity index is 1.54. The lowest BCUT2D eigenvalue weighted by Crippen LogP contribution is -2.38. The first-order chi connectivity index (χ1) is 15.5. The number of carbonyl (C=O) groups is 2. The summed E-state index contributed by atoms with van der Waals surface area (Å²) in [7, 11) is 1.52. The molecule has 1 saturated carbocycles. The normalized spacial score (nSPS) is 14.6. The predicted octanol–water partition coefficient (Wildman–Crippen LogP) is 5.45. The fourth-order valence-corrected chi connectivity index (χ4v) is 4.36. The molecule has 2 amide bonds. The fraction of sp³-hybridized carbons (Fsp3) is 0.240. The lowest BCUT2D eigenvalue weighted by atomic mass is 9.81. The number of benzene rings is 2. The summed E-state index contributed by atoms with van der Waals surface area (Å²) in [5.41, 5.74) is 1.70. The van der Waals surface area contributed by atoms with Crippen molar-refractivity contribution in [3.8, 4) is 5.75 Å². The molecular formula is C25H24ClN3O3. The minimum Gasteiger partial charge on any atom is -0.494 e. The molecule has 3 aromatic rings. The Kier molecular flexibility index (Phi) is 6.42. The molecule has 1 aromatic heterocycles. The lowest BCUT2D eigenvalue weighted by molar-refractivity contribution is -0.121. The monoisotopic (exact) mass is 449 g/mol. The standard InChI is InChI=1S/C25H24ClN3O3/c1-32-21-16-19(10-11-20(21)29-23(30)17-7-6-8-18(26)15-17)28-24(31)25(12-3-4-13-25)22-9-2-5-14-27-22/h2,5-11,14-16H,3-4,12-13H2,1H3,(H,28,31)(H,29,30). The summed E-state index contributed by atoms with van der Waals surface area (Å²) in [6, 6.07) is 17.5. The van der Waals surface area contributed by atoms with E-state index in [1.807, 2.05) is 18.2 Å². The maximum atomic E-state index is 13.3. The van der Waals surface area contributed by atoms with Gasteiger partial charge in [-0.15, -0.1) is 0 Å². The summed E-state index contributed by atoms with van der Waals surface area (Å²) in [4.78, 5) is 30.4. The van der Waals surface area contributed by atoms with Gasteiger partial charge in [0.1, 0.15) is 5.75 Å². The van der Waals surface area contributed by atoms with E-state index in [2.05, 4.69) is 15.6 Å². The fourth-order valence-electron chi connectivity index (χ4n) is 4.17. The number of ether oxygens (including phenoxy) is 1. The Labute approximate surface area is 192 Å². The van der Waals surface area contributed by atoms with Crippen LogP contribution in [0.1, 0.15) is 41.7 Å². The Morgan fingerprint density at radius 1 is 1.00 bits per heavy atom. The molecule has 0 aliphatic heterocycles. The van der Waals surface area contributed by atoms with Crippen LogP contribution in [0.4, 0.5) is 11.4 Å². The number of nitrogens with zero attached hydrogens (tertiary/aromatic N) is 1. The van der Waals surface area contributed by atoms with Gasteiger partial charge in [-0.1, -0.05) is 36.6 Å². The van der Waals surface area contributed by atoms with Gasteiger partial charge in [-0.25, -0.2) is 0 Å². The number of halogens is 1. The first-order valence-electron chi connectivity index (χ1n) is 10.5. The van der Waals surface area contributed by atoms with Crippen LogP contribution in [-0.2, 0) is 10.2 Å². The molecule has 2 N–H and O–H groups in total. The van der Waals surface area contributed by atoms with Gasteiger partial charge in [-0.05, 0) is 55.3 Å². The van der Waals surface area contributed by atoms with Gasteiger partial charge in [0, 0.05) is 28.5 Å². The molecule has 2 aromatic carbocycles. The van der Waals surface area contributed by atoms with Gasteiger partial charge in [-0.2, -0.15) is 0 Å². The van der Waals surface area contributed by atoms with Gasteiger partial charge in [0.05, 0.1) is 23.9 Å². The average Bonchev–Trinajstić information content (AvgIpc) is 3.32. The van der Waals surface area contributed by atoms with Crippen LogP contribution in [-0.4, -0.2) is 23.9 Å². The number of nitrogens with one attached hydrogen (secondary N) is 2. The van der Waals surface area contributed by atoms with Gasteiger partial charge in [-0.3, -0.25) is 14.6 Å². The predicted molar refractivity (Wildman–Crippen MR) is 125 cm³/mol. The Hall–Kier alpha value is -3.38. The summed E-state index contributed by atoms with van der Waals surface area (Å²) >= 11 is 5.98. The Morgan fingerprint density at radius 3 is 2.50 bits per heavy atom.